The van der Waals surface area contributed by atoms with Gasteiger partial charge in [-0.25, -0.2) is 4.79 Å². The first kappa shape index (κ1) is 20.1. The highest BCUT2D eigenvalue weighted by Gasteiger charge is 2.36. The Hall–Kier alpha value is -2.86. The molecule has 162 valence electrons. The molecule has 2 saturated heterocycles. The Kier molecular flexibility index (Phi) is 5.40. The summed E-state index contributed by atoms with van der Waals surface area (Å²) in [4.78, 5) is 28.2. The number of amides is 1. The lowest BCUT2D eigenvalue weighted by Crippen LogP contribution is -2.46. The number of carboxylic acids is 1. The number of piperidine rings is 1. The fraction of sp³-hybridized carbons (Fsp3) is 0.440. The van der Waals surface area contributed by atoms with Crippen molar-refractivity contribution in [2.24, 2.45) is 5.92 Å². The molecule has 0 unspecified atom stereocenters. The number of carboxylic acid groups (broad SMARTS) is 1. The third-order valence-electron chi connectivity index (χ3n) is 7.08. The van der Waals surface area contributed by atoms with Crippen LogP contribution in [0.15, 0.2) is 48.5 Å². The molecule has 3 aliphatic rings. The zero-order valence-electron chi connectivity index (χ0n) is 17.6. The summed E-state index contributed by atoms with van der Waals surface area (Å²) in [5.74, 6) is -0.943. The van der Waals surface area contributed by atoms with Crippen LogP contribution in [0.25, 0.3) is 11.1 Å². The molecule has 2 aliphatic heterocycles. The minimum Gasteiger partial charge on any atom is -0.481 e. The number of carbonyl (C=O) groups is 2. The summed E-state index contributed by atoms with van der Waals surface area (Å²) >= 11 is 0. The predicted octanol–water partition coefficient (Wildman–Crippen LogP) is 3.81. The van der Waals surface area contributed by atoms with Crippen molar-refractivity contribution >= 4 is 12.1 Å². The fourth-order valence-corrected chi connectivity index (χ4v) is 5.43. The first-order chi connectivity index (χ1) is 15.1. The highest BCUT2D eigenvalue weighted by molar-refractivity contribution is 5.79. The Bertz CT molecular complexity index is 945. The van der Waals surface area contributed by atoms with Crippen molar-refractivity contribution in [2.45, 2.75) is 31.2 Å². The minimum atomic E-state index is -0.712. The number of benzene rings is 2. The van der Waals surface area contributed by atoms with E-state index in [1.54, 1.807) is 4.90 Å². The van der Waals surface area contributed by atoms with Crippen molar-refractivity contribution in [3.8, 4) is 11.1 Å². The van der Waals surface area contributed by atoms with Gasteiger partial charge >= 0.3 is 12.1 Å². The van der Waals surface area contributed by atoms with Gasteiger partial charge in [0, 0.05) is 31.6 Å². The quantitative estimate of drug-likeness (QED) is 0.815. The molecule has 1 amide bonds. The third kappa shape index (κ3) is 3.81. The highest BCUT2D eigenvalue weighted by atomic mass is 16.6. The van der Waals surface area contributed by atoms with E-state index >= 15 is 0 Å². The van der Waals surface area contributed by atoms with Crippen LogP contribution in [0, 0.1) is 5.92 Å². The van der Waals surface area contributed by atoms with Gasteiger partial charge in [-0.05, 0) is 48.1 Å². The van der Waals surface area contributed by atoms with Gasteiger partial charge in [0.1, 0.15) is 6.61 Å². The van der Waals surface area contributed by atoms with Crippen LogP contribution < -0.4 is 0 Å². The molecule has 6 heteroatoms. The molecule has 0 spiro atoms. The molecular weight excluding hydrogens is 392 g/mol. The van der Waals surface area contributed by atoms with Gasteiger partial charge in [0.2, 0.25) is 0 Å². The summed E-state index contributed by atoms with van der Waals surface area (Å²) in [7, 11) is 0. The Balaban J connectivity index is 1.21. The second-order valence-corrected chi connectivity index (χ2v) is 8.86. The molecule has 31 heavy (non-hydrogen) atoms. The molecule has 0 saturated carbocycles. The number of fused-ring (bicyclic) bond motifs is 3. The molecule has 2 heterocycles. The smallest absolute Gasteiger partial charge is 0.409 e. The Morgan fingerprint density at radius 1 is 0.935 bits per heavy atom. The first-order valence-corrected chi connectivity index (χ1v) is 11.2. The summed E-state index contributed by atoms with van der Waals surface area (Å²) in [6.07, 6.45) is 2.25. The molecular formula is C25H28N2O4. The molecule has 6 nitrogen and oxygen atoms in total. The van der Waals surface area contributed by atoms with E-state index < -0.39 is 5.97 Å². The van der Waals surface area contributed by atoms with Gasteiger partial charge in [0.15, 0.2) is 0 Å². The third-order valence-corrected chi connectivity index (χ3v) is 7.08. The van der Waals surface area contributed by atoms with E-state index in [1.807, 2.05) is 24.3 Å². The number of ether oxygens (including phenoxy) is 1. The molecule has 1 aliphatic carbocycles. The van der Waals surface area contributed by atoms with Crippen molar-refractivity contribution in [3.63, 3.8) is 0 Å². The van der Waals surface area contributed by atoms with Crippen molar-refractivity contribution < 1.29 is 19.4 Å². The highest BCUT2D eigenvalue weighted by Crippen LogP contribution is 2.44. The molecule has 0 bridgehead atoms. The van der Waals surface area contributed by atoms with E-state index in [-0.39, 0.29) is 24.0 Å². The van der Waals surface area contributed by atoms with Gasteiger partial charge in [0.25, 0.3) is 0 Å². The standard InChI is InChI=1S/C25H28N2O4/c28-24(29)17-6-5-12-26(14-17)18-11-13-27(15-18)25(30)31-16-23-21-9-3-1-7-19(21)20-8-2-4-10-22(20)23/h1-4,7-10,17-18,23H,5-6,11-16H2,(H,28,29)/t17-,18-/m1/s1. The van der Waals surface area contributed by atoms with Crippen LogP contribution in [0.3, 0.4) is 0 Å². The zero-order valence-corrected chi connectivity index (χ0v) is 17.6. The van der Waals surface area contributed by atoms with Crippen LogP contribution in [0.5, 0.6) is 0 Å². The van der Waals surface area contributed by atoms with Crippen LogP contribution in [0.4, 0.5) is 4.79 Å². The van der Waals surface area contributed by atoms with Crippen molar-refractivity contribution in [1.82, 2.24) is 9.80 Å². The molecule has 2 aromatic rings. The van der Waals surface area contributed by atoms with E-state index in [4.69, 9.17) is 4.74 Å². The molecule has 2 atom stereocenters. The number of nitrogens with zero attached hydrogens (tertiary/aromatic N) is 2. The maximum Gasteiger partial charge on any atom is 0.409 e. The Morgan fingerprint density at radius 3 is 2.29 bits per heavy atom. The second kappa shape index (κ2) is 8.35. The second-order valence-electron chi connectivity index (χ2n) is 8.86. The number of hydrogen-bond acceptors (Lipinski definition) is 4. The Morgan fingerprint density at radius 2 is 1.61 bits per heavy atom. The van der Waals surface area contributed by atoms with E-state index in [0.717, 1.165) is 25.8 Å². The molecule has 5 rings (SSSR count). The van der Waals surface area contributed by atoms with Crippen LogP contribution in [0.2, 0.25) is 0 Å². The monoisotopic (exact) mass is 420 g/mol. The van der Waals surface area contributed by atoms with Crippen molar-refractivity contribution in [3.05, 3.63) is 59.7 Å². The summed E-state index contributed by atoms with van der Waals surface area (Å²) < 4.78 is 5.79. The van der Waals surface area contributed by atoms with Gasteiger partial charge in [-0.2, -0.15) is 0 Å². The molecule has 2 fully saturated rings. The number of aliphatic carboxylic acids is 1. The van der Waals surface area contributed by atoms with Crippen molar-refractivity contribution in [2.75, 3.05) is 32.8 Å². The lowest BCUT2D eigenvalue weighted by Gasteiger charge is -2.35. The molecule has 1 N–H and O–H groups in total. The lowest BCUT2D eigenvalue weighted by atomic mass is 9.96. The normalized spacial score (nSPS) is 23.4. The summed E-state index contributed by atoms with van der Waals surface area (Å²) in [5.41, 5.74) is 4.87. The largest absolute Gasteiger partial charge is 0.481 e. The number of likely N-dealkylation sites (tertiary alicyclic amines) is 2. The van der Waals surface area contributed by atoms with Crippen LogP contribution in [-0.2, 0) is 9.53 Å². The van der Waals surface area contributed by atoms with Crippen LogP contribution in [0.1, 0.15) is 36.3 Å². The van der Waals surface area contributed by atoms with E-state index in [0.29, 0.717) is 26.2 Å². The van der Waals surface area contributed by atoms with Crippen LogP contribution in [-0.4, -0.2) is 65.8 Å². The average Bonchev–Trinajstić information content (AvgIpc) is 3.41. The van der Waals surface area contributed by atoms with E-state index in [1.165, 1.54) is 22.3 Å². The number of carbonyl (C=O) groups excluding carboxylic acids is 1. The maximum atomic E-state index is 12.8. The fourth-order valence-electron chi connectivity index (χ4n) is 5.43. The van der Waals surface area contributed by atoms with Crippen molar-refractivity contribution in [1.29, 1.82) is 0 Å². The van der Waals surface area contributed by atoms with Gasteiger partial charge in [-0.15, -0.1) is 0 Å². The first-order valence-electron chi connectivity index (χ1n) is 11.2. The topological polar surface area (TPSA) is 70.1 Å². The maximum absolute atomic E-state index is 12.8. The average molecular weight is 421 g/mol. The van der Waals surface area contributed by atoms with Gasteiger partial charge in [-0.3, -0.25) is 9.69 Å². The predicted molar refractivity (Wildman–Crippen MR) is 117 cm³/mol. The summed E-state index contributed by atoms with van der Waals surface area (Å²) in [6, 6.07) is 16.9. The lowest BCUT2D eigenvalue weighted by molar-refractivity contribution is -0.143. The van der Waals surface area contributed by atoms with Gasteiger partial charge in [0.05, 0.1) is 5.92 Å². The van der Waals surface area contributed by atoms with E-state index in [9.17, 15) is 14.7 Å². The SMILES string of the molecule is O=C(O)[C@@H]1CCCN([C@@H]2CCN(C(=O)OCC3c4ccccc4-c4ccccc43)C2)C1. The van der Waals surface area contributed by atoms with Crippen LogP contribution >= 0.6 is 0 Å². The van der Waals surface area contributed by atoms with Gasteiger partial charge < -0.3 is 14.7 Å². The Labute approximate surface area is 182 Å². The summed E-state index contributed by atoms with van der Waals surface area (Å²) in [6.45, 7) is 3.10. The molecule has 2 aromatic carbocycles. The molecule has 0 radical (unpaired) electrons. The molecule has 0 aromatic heterocycles. The summed E-state index contributed by atoms with van der Waals surface area (Å²) in [5, 5.41) is 9.34. The van der Waals surface area contributed by atoms with Gasteiger partial charge in [-0.1, -0.05) is 48.5 Å². The zero-order chi connectivity index (χ0) is 21.4. The minimum absolute atomic E-state index is 0.0631. The number of hydrogen-bond donors (Lipinski definition) is 1. The number of rotatable bonds is 4. The van der Waals surface area contributed by atoms with E-state index in [2.05, 4.69) is 29.2 Å².